The van der Waals surface area contributed by atoms with E-state index < -0.39 is 5.82 Å². The lowest BCUT2D eigenvalue weighted by molar-refractivity contribution is 0.476. The van der Waals surface area contributed by atoms with Crippen molar-refractivity contribution in [3.63, 3.8) is 0 Å². The fraction of sp³-hybridized carbons (Fsp3) is 0. The third-order valence-corrected chi connectivity index (χ3v) is 3.93. The molecule has 0 bridgehead atoms. The first-order valence-electron chi connectivity index (χ1n) is 6.01. The lowest BCUT2D eigenvalue weighted by Gasteiger charge is -2.12. The molecule has 0 aliphatic heterocycles. The number of aromatic nitrogens is 1. The summed E-state index contributed by atoms with van der Waals surface area (Å²) in [5.74, 6) is 0.187. The molecule has 0 saturated carbocycles. The van der Waals surface area contributed by atoms with E-state index in [2.05, 4.69) is 20.9 Å². The Bertz CT molecular complexity index is 841. The number of benzene rings is 2. The van der Waals surface area contributed by atoms with Crippen LogP contribution in [0.25, 0.3) is 10.8 Å². The molecule has 0 spiro atoms. The molecule has 3 rings (SSSR count). The van der Waals surface area contributed by atoms with Gasteiger partial charge in [-0.25, -0.2) is 4.39 Å². The lowest BCUT2D eigenvalue weighted by Crippen LogP contribution is -1.95. The van der Waals surface area contributed by atoms with E-state index in [9.17, 15) is 4.39 Å². The smallest absolute Gasteiger partial charge is 0.151 e. The van der Waals surface area contributed by atoms with Crippen molar-refractivity contribution in [1.82, 2.24) is 4.98 Å². The van der Waals surface area contributed by atoms with E-state index in [0.29, 0.717) is 21.7 Å². The first kappa shape index (κ1) is 14.1. The van der Waals surface area contributed by atoms with E-state index in [4.69, 9.17) is 22.1 Å². The van der Waals surface area contributed by atoms with Gasteiger partial charge >= 0.3 is 0 Å². The standard InChI is InChI=1S/C15H9BrClFN2O/c16-10-5-11(17)12(18)6-14(10)21-13-2-1-8-7-20-4-3-9(8)15(13)19/h1-7H,19H2. The zero-order chi connectivity index (χ0) is 15.0. The summed E-state index contributed by atoms with van der Waals surface area (Å²) >= 11 is 8.99. The first-order valence-corrected chi connectivity index (χ1v) is 7.18. The summed E-state index contributed by atoms with van der Waals surface area (Å²) in [5.41, 5.74) is 6.57. The Balaban J connectivity index is 2.06. The van der Waals surface area contributed by atoms with Gasteiger partial charge in [0.1, 0.15) is 11.6 Å². The van der Waals surface area contributed by atoms with E-state index in [1.165, 1.54) is 12.1 Å². The lowest BCUT2D eigenvalue weighted by atomic mass is 10.1. The van der Waals surface area contributed by atoms with Crippen molar-refractivity contribution in [2.45, 2.75) is 0 Å². The maximum absolute atomic E-state index is 13.5. The van der Waals surface area contributed by atoms with Crippen molar-refractivity contribution in [1.29, 1.82) is 0 Å². The molecule has 1 aromatic heterocycles. The number of rotatable bonds is 2. The van der Waals surface area contributed by atoms with Gasteiger partial charge in [-0.1, -0.05) is 11.6 Å². The Labute approximate surface area is 133 Å². The largest absolute Gasteiger partial charge is 0.454 e. The van der Waals surface area contributed by atoms with Gasteiger partial charge in [-0.3, -0.25) is 4.98 Å². The van der Waals surface area contributed by atoms with E-state index in [1.54, 1.807) is 24.5 Å². The average Bonchev–Trinajstić information content (AvgIpc) is 2.48. The molecule has 1 heterocycles. The molecule has 0 atom stereocenters. The van der Waals surface area contributed by atoms with Crippen LogP contribution in [0.4, 0.5) is 10.1 Å². The Kier molecular flexibility index (Phi) is 3.69. The third-order valence-electron chi connectivity index (χ3n) is 3.02. The van der Waals surface area contributed by atoms with Crippen LogP contribution in [0.3, 0.4) is 0 Å². The number of ether oxygens (including phenoxy) is 1. The second kappa shape index (κ2) is 5.50. The topological polar surface area (TPSA) is 48.1 Å². The molecular formula is C15H9BrClFN2O. The van der Waals surface area contributed by atoms with Gasteiger partial charge in [0.25, 0.3) is 0 Å². The number of nitrogen functional groups attached to an aromatic ring is 1. The summed E-state index contributed by atoms with van der Waals surface area (Å²) in [5, 5.41) is 1.75. The van der Waals surface area contributed by atoms with Crippen LogP contribution in [0, 0.1) is 5.82 Å². The quantitative estimate of drug-likeness (QED) is 0.502. The molecule has 0 fully saturated rings. The van der Waals surface area contributed by atoms with Gasteiger partial charge in [-0.15, -0.1) is 0 Å². The minimum atomic E-state index is -0.557. The van der Waals surface area contributed by atoms with Crippen molar-refractivity contribution in [3.8, 4) is 11.5 Å². The monoisotopic (exact) mass is 366 g/mol. The number of fused-ring (bicyclic) bond motifs is 1. The van der Waals surface area contributed by atoms with Crippen LogP contribution in [0.2, 0.25) is 5.02 Å². The Morgan fingerprint density at radius 1 is 1.19 bits per heavy atom. The van der Waals surface area contributed by atoms with Gasteiger partial charge in [-0.2, -0.15) is 0 Å². The van der Waals surface area contributed by atoms with Crippen molar-refractivity contribution in [3.05, 3.63) is 58.0 Å². The Morgan fingerprint density at radius 2 is 2.00 bits per heavy atom. The highest BCUT2D eigenvalue weighted by molar-refractivity contribution is 9.10. The van der Waals surface area contributed by atoms with Gasteiger partial charge < -0.3 is 10.5 Å². The molecule has 0 radical (unpaired) electrons. The second-order valence-electron chi connectivity index (χ2n) is 4.37. The van der Waals surface area contributed by atoms with Crippen molar-refractivity contribution in [2.75, 3.05) is 5.73 Å². The number of hydrogen-bond acceptors (Lipinski definition) is 3. The molecule has 3 nitrogen and oxygen atoms in total. The van der Waals surface area contributed by atoms with Gasteiger partial charge in [-0.05, 0) is 40.2 Å². The van der Waals surface area contributed by atoms with E-state index in [1.807, 2.05) is 6.07 Å². The van der Waals surface area contributed by atoms with Crippen molar-refractivity contribution < 1.29 is 9.13 Å². The highest BCUT2D eigenvalue weighted by atomic mass is 79.9. The van der Waals surface area contributed by atoms with Gasteiger partial charge in [0, 0.05) is 29.2 Å². The molecule has 0 unspecified atom stereocenters. The van der Waals surface area contributed by atoms with Crippen molar-refractivity contribution in [2.24, 2.45) is 0 Å². The van der Waals surface area contributed by atoms with Gasteiger partial charge in [0.15, 0.2) is 5.75 Å². The molecule has 106 valence electrons. The van der Waals surface area contributed by atoms with E-state index in [0.717, 1.165) is 10.8 Å². The summed E-state index contributed by atoms with van der Waals surface area (Å²) in [6.45, 7) is 0. The average molecular weight is 368 g/mol. The normalized spacial score (nSPS) is 10.8. The molecule has 0 saturated heterocycles. The fourth-order valence-electron chi connectivity index (χ4n) is 1.96. The number of anilines is 1. The highest BCUT2D eigenvalue weighted by Gasteiger charge is 2.12. The second-order valence-corrected chi connectivity index (χ2v) is 5.63. The number of halogens is 3. The zero-order valence-electron chi connectivity index (χ0n) is 10.6. The SMILES string of the molecule is Nc1c(Oc2cc(F)c(Cl)cc2Br)ccc2cnccc12. The molecule has 3 aromatic rings. The summed E-state index contributed by atoms with van der Waals surface area (Å²) in [4.78, 5) is 4.03. The predicted molar refractivity (Wildman–Crippen MR) is 85.3 cm³/mol. The van der Waals surface area contributed by atoms with Crippen LogP contribution >= 0.6 is 27.5 Å². The minimum Gasteiger partial charge on any atom is -0.454 e. The van der Waals surface area contributed by atoms with Gasteiger partial charge in [0.2, 0.25) is 0 Å². The maximum Gasteiger partial charge on any atom is 0.151 e. The maximum atomic E-state index is 13.5. The molecule has 0 aliphatic carbocycles. The fourth-order valence-corrected chi connectivity index (χ4v) is 2.68. The Morgan fingerprint density at radius 3 is 2.81 bits per heavy atom. The summed E-state index contributed by atoms with van der Waals surface area (Å²) in [6.07, 6.45) is 3.37. The molecule has 0 aliphatic rings. The molecular weight excluding hydrogens is 359 g/mol. The van der Waals surface area contributed by atoms with E-state index >= 15 is 0 Å². The first-order chi connectivity index (χ1) is 10.1. The van der Waals surface area contributed by atoms with Crippen LogP contribution < -0.4 is 10.5 Å². The number of nitrogens with two attached hydrogens (primary N) is 1. The van der Waals surface area contributed by atoms with Crippen LogP contribution in [0.15, 0.2) is 47.2 Å². The molecule has 2 N–H and O–H groups in total. The van der Waals surface area contributed by atoms with Crippen LogP contribution in [0.5, 0.6) is 11.5 Å². The molecule has 0 amide bonds. The molecule has 2 aromatic carbocycles. The van der Waals surface area contributed by atoms with Crippen molar-refractivity contribution >= 4 is 44.0 Å². The summed E-state index contributed by atoms with van der Waals surface area (Å²) in [7, 11) is 0. The predicted octanol–water partition coefficient (Wildman–Crippen LogP) is 5.16. The van der Waals surface area contributed by atoms with Gasteiger partial charge in [0.05, 0.1) is 15.2 Å². The number of pyridine rings is 1. The summed E-state index contributed by atoms with van der Waals surface area (Å²) in [6, 6.07) is 8.01. The van der Waals surface area contributed by atoms with Crippen LogP contribution in [-0.2, 0) is 0 Å². The number of hydrogen-bond donors (Lipinski definition) is 1. The Hall–Kier alpha value is -1.85. The zero-order valence-corrected chi connectivity index (χ0v) is 13.0. The highest BCUT2D eigenvalue weighted by Crippen LogP contribution is 2.38. The third kappa shape index (κ3) is 2.66. The van der Waals surface area contributed by atoms with Crippen LogP contribution in [-0.4, -0.2) is 4.98 Å². The van der Waals surface area contributed by atoms with E-state index in [-0.39, 0.29) is 5.02 Å². The minimum absolute atomic E-state index is 0.0202. The molecule has 21 heavy (non-hydrogen) atoms. The summed E-state index contributed by atoms with van der Waals surface area (Å²) < 4.78 is 19.8. The number of nitrogens with zero attached hydrogens (tertiary/aromatic N) is 1. The van der Waals surface area contributed by atoms with Crippen LogP contribution in [0.1, 0.15) is 0 Å². The molecule has 6 heteroatoms.